The Bertz CT molecular complexity index is 491. The summed E-state index contributed by atoms with van der Waals surface area (Å²) in [6, 6.07) is 4.51. The SMILES string of the molecule is Cc1sc(-c2ccc(F)c(Cl)c2)nc1N. The molecule has 0 aliphatic rings. The quantitative estimate of drug-likeness (QED) is 0.831. The number of rotatable bonds is 1. The van der Waals surface area contributed by atoms with E-state index in [1.807, 2.05) is 6.92 Å². The first-order valence-electron chi connectivity index (χ1n) is 4.26. The van der Waals surface area contributed by atoms with Gasteiger partial charge in [-0.05, 0) is 25.1 Å². The van der Waals surface area contributed by atoms with Gasteiger partial charge in [0.25, 0.3) is 0 Å². The first kappa shape index (κ1) is 10.4. The number of anilines is 1. The Kier molecular flexibility index (Phi) is 2.63. The summed E-state index contributed by atoms with van der Waals surface area (Å²) in [6.07, 6.45) is 0. The van der Waals surface area contributed by atoms with Crippen LogP contribution in [0.1, 0.15) is 4.88 Å². The van der Waals surface area contributed by atoms with Crippen LogP contribution in [0.3, 0.4) is 0 Å². The van der Waals surface area contributed by atoms with E-state index in [0.29, 0.717) is 5.82 Å². The Hall–Kier alpha value is -1.13. The number of hydrogen-bond donors (Lipinski definition) is 1. The van der Waals surface area contributed by atoms with Gasteiger partial charge in [-0.3, -0.25) is 0 Å². The third kappa shape index (κ3) is 1.96. The second kappa shape index (κ2) is 3.79. The zero-order chi connectivity index (χ0) is 11.0. The molecule has 0 saturated carbocycles. The summed E-state index contributed by atoms with van der Waals surface area (Å²) in [5.41, 5.74) is 6.42. The van der Waals surface area contributed by atoms with Crippen LogP contribution >= 0.6 is 22.9 Å². The number of aryl methyl sites for hydroxylation is 1. The minimum absolute atomic E-state index is 0.0962. The summed E-state index contributed by atoms with van der Waals surface area (Å²) in [5.74, 6) is 0.0807. The number of benzene rings is 1. The fourth-order valence-corrected chi connectivity index (χ4v) is 2.17. The molecule has 0 saturated heterocycles. The van der Waals surface area contributed by atoms with Gasteiger partial charge in [-0.25, -0.2) is 9.37 Å². The molecule has 0 fully saturated rings. The highest BCUT2D eigenvalue weighted by Gasteiger charge is 2.08. The standard InChI is InChI=1S/C10H8ClFN2S/c1-5-9(13)14-10(15-5)6-2-3-8(12)7(11)4-6/h2-4H,13H2,1H3. The lowest BCUT2D eigenvalue weighted by Gasteiger charge is -1.97. The van der Waals surface area contributed by atoms with Crippen molar-refractivity contribution in [2.75, 3.05) is 5.73 Å². The summed E-state index contributed by atoms with van der Waals surface area (Å²) >= 11 is 7.15. The van der Waals surface area contributed by atoms with Gasteiger partial charge in [-0.2, -0.15) is 0 Å². The van der Waals surface area contributed by atoms with Crippen LogP contribution in [-0.4, -0.2) is 4.98 Å². The van der Waals surface area contributed by atoms with Crippen molar-refractivity contribution < 1.29 is 4.39 Å². The predicted molar refractivity (Wildman–Crippen MR) is 61.7 cm³/mol. The molecule has 0 aliphatic carbocycles. The molecule has 1 heterocycles. The molecule has 1 aromatic heterocycles. The topological polar surface area (TPSA) is 38.9 Å². The van der Waals surface area contributed by atoms with Crippen molar-refractivity contribution >= 4 is 28.8 Å². The Morgan fingerprint density at radius 1 is 1.47 bits per heavy atom. The van der Waals surface area contributed by atoms with Crippen molar-refractivity contribution in [1.29, 1.82) is 0 Å². The normalized spacial score (nSPS) is 10.6. The van der Waals surface area contributed by atoms with Crippen LogP contribution in [-0.2, 0) is 0 Å². The van der Waals surface area contributed by atoms with E-state index in [1.54, 1.807) is 12.1 Å². The van der Waals surface area contributed by atoms with E-state index >= 15 is 0 Å². The number of halogens is 2. The van der Waals surface area contributed by atoms with Crippen molar-refractivity contribution in [1.82, 2.24) is 4.98 Å². The van der Waals surface area contributed by atoms with E-state index in [0.717, 1.165) is 15.4 Å². The number of nitrogens with two attached hydrogens (primary N) is 1. The third-order valence-electron chi connectivity index (χ3n) is 2.00. The molecule has 0 atom stereocenters. The molecule has 78 valence electrons. The second-order valence-corrected chi connectivity index (χ2v) is 4.70. The maximum Gasteiger partial charge on any atom is 0.141 e. The van der Waals surface area contributed by atoms with Crippen molar-refractivity contribution in [3.8, 4) is 10.6 Å². The maximum atomic E-state index is 12.9. The summed E-state index contributed by atoms with van der Waals surface area (Å²) in [5, 5.41) is 0.853. The van der Waals surface area contributed by atoms with E-state index in [9.17, 15) is 4.39 Å². The van der Waals surface area contributed by atoms with E-state index in [1.165, 1.54) is 17.4 Å². The molecular weight excluding hydrogens is 235 g/mol. The van der Waals surface area contributed by atoms with Crippen molar-refractivity contribution in [3.05, 3.63) is 33.9 Å². The van der Waals surface area contributed by atoms with Crippen molar-refractivity contribution in [2.45, 2.75) is 6.92 Å². The molecule has 0 radical (unpaired) electrons. The second-order valence-electron chi connectivity index (χ2n) is 3.09. The minimum atomic E-state index is -0.429. The van der Waals surface area contributed by atoms with Gasteiger partial charge in [0.2, 0.25) is 0 Å². The monoisotopic (exact) mass is 242 g/mol. The van der Waals surface area contributed by atoms with Crippen LogP contribution in [0.4, 0.5) is 10.2 Å². The molecule has 0 spiro atoms. The van der Waals surface area contributed by atoms with Crippen LogP contribution in [0.2, 0.25) is 5.02 Å². The highest BCUT2D eigenvalue weighted by molar-refractivity contribution is 7.15. The average molecular weight is 243 g/mol. The number of hydrogen-bond acceptors (Lipinski definition) is 3. The number of nitrogens with zero attached hydrogens (tertiary/aromatic N) is 1. The Morgan fingerprint density at radius 2 is 2.20 bits per heavy atom. The van der Waals surface area contributed by atoms with Gasteiger partial charge < -0.3 is 5.73 Å². The molecule has 0 bridgehead atoms. The van der Waals surface area contributed by atoms with Crippen LogP contribution in [0.15, 0.2) is 18.2 Å². The number of aromatic nitrogens is 1. The van der Waals surface area contributed by atoms with Gasteiger partial charge in [0.1, 0.15) is 16.6 Å². The summed E-state index contributed by atoms with van der Waals surface area (Å²) in [7, 11) is 0. The van der Waals surface area contributed by atoms with Crippen molar-refractivity contribution in [3.63, 3.8) is 0 Å². The molecule has 5 heteroatoms. The minimum Gasteiger partial charge on any atom is -0.383 e. The molecular formula is C10H8ClFN2S. The average Bonchev–Trinajstić information content (AvgIpc) is 2.52. The fourth-order valence-electron chi connectivity index (χ4n) is 1.16. The van der Waals surface area contributed by atoms with Gasteiger partial charge in [0.05, 0.1) is 5.02 Å². The zero-order valence-corrected chi connectivity index (χ0v) is 9.49. The fraction of sp³-hybridized carbons (Fsp3) is 0.100. The lowest BCUT2D eigenvalue weighted by atomic mass is 10.2. The Labute approximate surface area is 95.5 Å². The number of nitrogen functional groups attached to an aromatic ring is 1. The van der Waals surface area contributed by atoms with E-state index < -0.39 is 5.82 Å². The Morgan fingerprint density at radius 3 is 2.73 bits per heavy atom. The summed E-state index contributed by atoms with van der Waals surface area (Å²) < 4.78 is 12.9. The molecule has 2 rings (SSSR count). The zero-order valence-electron chi connectivity index (χ0n) is 7.92. The van der Waals surface area contributed by atoms with E-state index in [2.05, 4.69) is 4.98 Å². The van der Waals surface area contributed by atoms with Crippen LogP contribution in [0.25, 0.3) is 10.6 Å². The smallest absolute Gasteiger partial charge is 0.141 e. The van der Waals surface area contributed by atoms with Crippen LogP contribution < -0.4 is 5.73 Å². The largest absolute Gasteiger partial charge is 0.383 e. The molecule has 2 aromatic rings. The van der Waals surface area contributed by atoms with Gasteiger partial charge >= 0.3 is 0 Å². The lowest BCUT2D eigenvalue weighted by molar-refractivity contribution is 0.628. The summed E-state index contributed by atoms with van der Waals surface area (Å²) in [4.78, 5) is 5.12. The highest BCUT2D eigenvalue weighted by atomic mass is 35.5. The molecule has 2 nitrogen and oxygen atoms in total. The van der Waals surface area contributed by atoms with Crippen LogP contribution in [0, 0.1) is 12.7 Å². The molecule has 15 heavy (non-hydrogen) atoms. The lowest BCUT2D eigenvalue weighted by Crippen LogP contribution is -1.86. The highest BCUT2D eigenvalue weighted by Crippen LogP contribution is 2.30. The maximum absolute atomic E-state index is 12.9. The molecule has 0 unspecified atom stereocenters. The van der Waals surface area contributed by atoms with Gasteiger partial charge in [-0.15, -0.1) is 11.3 Å². The van der Waals surface area contributed by atoms with E-state index in [4.69, 9.17) is 17.3 Å². The molecule has 0 aliphatic heterocycles. The first-order valence-corrected chi connectivity index (χ1v) is 5.45. The first-order chi connectivity index (χ1) is 7.08. The third-order valence-corrected chi connectivity index (χ3v) is 3.32. The molecule has 2 N–H and O–H groups in total. The molecule has 0 amide bonds. The van der Waals surface area contributed by atoms with Gasteiger partial charge in [0.15, 0.2) is 0 Å². The molecule has 1 aromatic carbocycles. The van der Waals surface area contributed by atoms with Gasteiger partial charge in [-0.1, -0.05) is 11.6 Å². The van der Waals surface area contributed by atoms with E-state index in [-0.39, 0.29) is 5.02 Å². The summed E-state index contributed by atoms with van der Waals surface area (Å²) in [6.45, 7) is 1.89. The van der Waals surface area contributed by atoms with Crippen LogP contribution in [0.5, 0.6) is 0 Å². The number of thiazole rings is 1. The Balaban J connectivity index is 2.49. The van der Waals surface area contributed by atoms with Gasteiger partial charge in [0, 0.05) is 10.4 Å². The predicted octanol–water partition coefficient (Wildman–Crippen LogP) is 3.49. The van der Waals surface area contributed by atoms with Crippen molar-refractivity contribution in [2.24, 2.45) is 0 Å².